The molecule has 2 heterocycles. The number of nitrogens with one attached hydrogen (secondary N) is 1. The summed E-state index contributed by atoms with van der Waals surface area (Å²) in [4.78, 5) is 26.7. The minimum Gasteiger partial charge on any atom is -0.497 e. The number of thiocarbonyl (C=S) groups is 1. The van der Waals surface area contributed by atoms with Crippen LogP contribution in [0.4, 0.5) is 5.13 Å². The van der Waals surface area contributed by atoms with Gasteiger partial charge in [-0.2, -0.15) is 0 Å². The van der Waals surface area contributed by atoms with Crippen LogP contribution in [0.25, 0.3) is 6.08 Å². The van der Waals surface area contributed by atoms with E-state index >= 15 is 0 Å². The molecule has 0 atom stereocenters. The Bertz CT molecular complexity index is 942. The number of aromatic nitrogens is 2. The van der Waals surface area contributed by atoms with Gasteiger partial charge in [0.1, 0.15) is 15.1 Å². The third-order valence-corrected chi connectivity index (χ3v) is 5.95. The number of benzene rings is 1. The highest BCUT2D eigenvalue weighted by Gasteiger charge is 2.31. The summed E-state index contributed by atoms with van der Waals surface area (Å²) >= 11 is 7.92. The molecule has 1 aliphatic rings. The van der Waals surface area contributed by atoms with E-state index in [0.29, 0.717) is 27.3 Å². The minimum absolute atomic E-state index is 0.141. The summed E-state index contributed by atoms with van der Waals surface area (Å²) in [6.07, 6.45) is 2.57. The summed E-state index contributed by atoms with van der Waals surface area (Å²) in [5, 5.41) is 11.7. The Morgan fingerprint density at radius 3 is 2.93 bits per heavy atom. The molecular formula is C18H18N4O3S3. The van der Waals surface area contributed by atoms with Gasteiger partial charge >= 0.3 is 0 Å². The molecule has 1 aliphatic heterocycles. The molecule has 1 N–H and O–H groups in total. The van der Waals surface area contributed by atoms with Gasteiger partial charge in [0.2, 0.25) is 11.0 Å². The minimum atomic E-state index is -0.159. The van der Waals surface area contributed by atoms with Crippen molar-refractivity contribution in [3.63, 3.8) is 0 Å². The Morgan fingerprint density at radius 1 is 1.39 bits per heavy atom. The topological polar surface area (TPSA) is 84.4 Å². The molecule has 28 heavy (non-hydrogen) atoms. The van der Waals surface area contributed by atoms with Gasteiger partial charge in [0.05, 0.1) is 12.0 Å². The standard InChI is InChI=1S/C18H18N4O3S3/c1-11-20-21-17(27-11)19-15(23)7-4-8-22-16(24)14(28-18(22)26)10-12-5-3-6-13(9-12)25-2/h3,5-6,9-10H,4,7-8H2,1-2H3,(H,19,21,23)/b14-10-. The molecule has 146 valence electrons. The number of carbonyl (C=O) groups is 2. The van der Waals surface area contributed by atoms with Crippen LogP contribution in [0, 0.1) is 6.92 Å². The normalized spacial score (nSPS) is 15.4. The molecule has 0 aliphatic carbocycles. The van der Waals surface area contributed by atoms with E-state index in [1.54, 1.807) is 13.2 Å². The average Bonchev–Trinajstić information content (AvgIpc) is 3.19. The van der Waals surface area contributed by atoms with Gasteiger partial charge in [-0.25, -0.2) is 0 Å². The number of amides is 2. The molecule has 0 unspecified atom stereocenters. The number of thioether (sulfide) groups is 1. The van der Waals surface area contributed by atoms with E-state index in [4.69, 9.17) is 17.0 Å². The van der Waals surface area contributed by atoms with Crippen LogP contribution in [0.3, 0.4) is 0 Å². The Morgan fingerprint density at radius 2 is 2.21 bits per heavy atom. The van der Waals surface area contributed by atoms with Gasteiger partial charge in [0, 0.05) is 13.0 Å². The summed E-state index contributed by atoms with van der Waals surface area (Å²) in [6, 6.07) is 7.46. The number of anilines is 1. The van der Waals surface area contributed by atoms with Crippen LogP contribution in [0.2, 0.25) is 0 Å². The molecule has 2 aromatic rings. The highest BCUT2D eigenvalue weighted by atomic mass is 32.2. The van der Waals surface area contributed by atoms with Crippen molar-refractivity contribution in [1.82, 2.24) is 15.1 Å². The van der Waals surface area contributed by atoms with E-state index < -0.39 is 0 Å². The van der Waals surface area contributed by atoms with Crippen LogP contribution < -0.4 is 10.1 Å². The first-order valence-corrected chi connectivity index (χ1v) is 10.5. The fourth-order valence-electron chi connectivity index (χ4n) is 2.50. The fourth-order valence-corrected chi connectivity index (χ4v) is 4.42. The highest BCUT2D eigenvalue weighted by Crippen LogP contribution is 2.33. The average molecular weight is 435 g/mol. The Balaban J connectivity index is 1.54. The predicted octanol–water partition coefficient (Wildman–Crippen LogP) is 3.48. The van der Waals surface area contributed by atoms with Crippen molar-refractivity contribution < 1.29 is 14.3 Å². The monoisotopic (exact) mass is 434 g/mol. The molecular weight excluding hydrogens is 416 g/mol. The molecule has 1 saturated heterocycles. The zero-order chi connectivity index (χ0) is 20.1. The Kier molecular flexibility index (Phi) is 6.76. The van der Waals surface area contributed by atoms with Crippen LogP contribution in [-0.2, 0) is 9.59 Å². The second kappa shape index (κ2) is 9.26. The fraction of sp³-hybridized carbons (Fsp3) is 0.278. The number of methoxy groups -OCH3 is 1. The van der Waals surface area contributed by atoms with Crippen LogP contribution in [-0.4, -0.2) is 44.9 Å². The molecule has 7 nitrogen and oxygen atoms in total. The molecule has 1 aromatic heterocycles. The molecule has 0 spiro atoms. The van der Waals surface area contributed by atoms with Crippen molar-refractivity contribution in [2.45, 2.75) is 19.8 Å². The van der Waals surface area contributed by atoms with Crippen molar-refractivity contribution in [2.75, 3.05) is 19.0 Å². The Hall–Kier alpha value is -2.30. The van der Waals surface area contributed by atoms with Gasteiger partial charge in [-0.3, -0.25) is 14.5 Å². The van der Waals surface area contributed by atoms with Gasteiger partial charge in [-0.1, -0.05) is 47.4 Å². The third-order valence-electron chi connectivity index (χ3n) is 3.82. The molecule has 2 amide bonds. The van der Waals surface area contributed by atoms with Crippen LogP contribution in [0.1, 0.15) is 23.4 Å². The van der Waals surface area contributed by atoms with Gasteiger partial charge in [0.15, 0.2) is 0 Å². The number of nitrogens with zero attached hydrogens (tertiary/aromatic N) is 3. The van der Waals surface area contributed by atoms with E-state index in [1.165, 1.54) is 28.0 Å². The maximum Gasteiger partial charge on any atom is 0.266 e. The van der Waals surface area contributed by atoms with E-state index in [1.807, 2.05) is 31.2 Å². The molecule has 0 bridgehead atoms. The van der Waals surface area contributed by atoms with Crippen LogP contribution >= 0.6 is 35.3 Å². The second-order valence-electron chi connectivity index (χ2n) is 5.89. The summed E-state index contributed by atoms with van der Waals surface area (Å²) in [6.45, 7) is 2.21. The molecule has 1 fully saturated rings. The van der Waals surface area contributed by atoms with E-state index in [2.05, 4.69) is 15.5 Å². The van der Waals surface area contributed by atoms with Crippen LogP contribution in [0.15, 0.2) is 29.2 Å². The van der Waals surface area contributed by atoms with E-state index in [9.17, 15) is 9.59 Å². The number of aryl methyl sites for hydroxylation is 1. The maximum absolute atomic E-state index is 12.6. The van der Waals surface area contributed by atoms with E-state index in [-0.39, 0.29) is 18.2 Å². The van der Waals surface area contributed by atoms with Crippen molar-refractivity contribution in [3.8, 4) is 5.75 Å². The van der Waals surface area contributed by atoms with Gasteiger partial charge in [0.25, 0.3) is 5.91 Å². The third kappa shape index (κ3) is 5.15. The summed E-state index contributed by atoms with van der Waals surface area (Å²) < 4.78 is 5.70. The van der Waals surface area contributed by atoms with Crippen molar-refractivity contribution in [2.24, 2.45) is 0 Å². The predicted molar refractivity (Wildman–Crippen MR) is 115 cm³/mol. The van der Waals surface area contributed by atoms with Crippen molar-refractivity contribution in [3.05, 3.63) is 39.7 Å². The van der Waals surface area contributed by atoms with Crippen molar-refractivity contribution in [1.29, 1.82) is 0 Å². The maximum atomic E-state index is 12.6. The smallest absolute Gasteiger partial charge is 0.266 e. The quantitative estimate of drug-likeness (QED) is 0.527. The summed E-state index contributed by atoms with van der Waals surface area (Å²) in [7, 11) is 1.60. The van der Waals surface area contributed by atoms with Crippen molar-refractivity contribution >= 4 is 62.7 Å². The Labute approximate surface area is 176 Å². The first-order valence-electron chi connectivity index (χ1n) is 8.45. The largest absolute Gasteiger partial charge is 0.497 e. The van der Waals surface area contributed by atoms with E-state index in [0.717, 1.165) is 16.3 Å². The number of hydrogen-bond acceptors (Lipinski definition) is 8. The zero-order valence-electron chi connectivity index (χ0n) is 15.3. The molecule has 3 rings (SSSR count). The SMILES string of the molecule is COc1cccc(/C=C2\SC(=S)N(CCCC(=O)Nc3nnc(C)s3)C2=O)c1. The number of hydrogen-bond donors (Lipinski definition) is 1. The number of ether oxygens (including phenoxy) is 1. The van der Waals surface area contributed by atoms with Gasteiger partial charge < -0.3 is 10.1 Å². The summed E-state index contributed by atoms with van der Waals surface area (Å²) in [5.41, 5.74) is 0.867. The highest BCUT2D eigenvalue weighted by molar-refractivity contribution is 8.26. The van der Waals surface area contributed by atoms with Gasteiger partial charge in [-0.15, -0.1) is 10.2 Å². The number of rotatable bonds is 7. The lowest BCUT2D eigenvalue weighted by molar-refractivity contribution is -0.122. The first kappa shape index (κ1) is 20.4. The molecule has 0 saturated carbocycles. The first-order chi connectivity index (χ1) is 13.5. The summed E-state index contributed by atoms with van der Waals surface area (Å²) in [5.74, 6) is 0.423. The second-order valence-corrected chi connectivity index (χ2v) is 8.75. The molecule has 10 heteroatoms. The van der Waals surface area contributed by atoms with Crippen LogP contribution in [0.5, 0.6) is 5.75 Å². The lowest BCUT2D eigenvalue weighted by atomic mass is 10.2. The zero-order valence-corrected chi connectivity index (χ0v) is 17.7. The number of carbonyl (C=O) groups excluding carboxylic acids is 2. The lowest BCUT2D eigenvalue weighted by Crippen LogP contribution is -2.29. The molecule has 0 radical (unpaired) electrons. The van der Waals surface area contributed by atoms with Gasteiger partial charge in [-0.05, 0) is 37.1 Å². The molecule has 1 aromatic carbocycles. The lowest BCUT2D eigenvalue weighted by Gasteiger charge is -2.13.